The zero-order valence-electron chi connectivity index (χ0n) is 21.4. The molecule has 0 bridgehead atoms. The number of nitrogens with one attached hydrogen (secondary N) is 1. The summed E-state index contributed by atoms with van der Waals surface area (Å²) in [5.41, 5.74) is 1.90. The molecular formula is C30H29FN2O4S2. The van der Waals surface area contributed by atoms with Crippen molar-refractivity contribution in [1.29, 1.82) is 0 Å². The minimum absolute atomic E-state index is 0.0397. The topological polar surface area (TPSA) is 75.7 Å². The summed E-state index contributed by atoms with van der Waals surface area (Å²) in [6.07, 6.45) is 0. The van der Waals surface area contributed by atoms with Crippen molar-refractivity contribution in [3.05, 3.63) is 126 Å². The molecule has 0 aliphatic rings. The summed E-state index contributed by atoms with van der Waals surface area (Å²) in [6.45, 7) is 0.383. The number of para-hydroxylation sites is 1. The number of nitrogens with zero attached hydrogens (tertiary/aromatic N) is 1. The summed E-state index contributed by atoms with van der Waals surface area (Å²) in [6, 6.07) is 28.6. The molecule has 0 fully saturated rings. The molecule has 39 heavy (non-hydrogen) atoms. The molecule has 6 nitrogen and oxygen atoms in total. The van der Waals surface area contributed by atoms with Crippen molar-refractivity contribution in [3.63, 3.8) is 0 Å². The molecule has 0 aliphatic heterocycles. The van der Waals surface area contributed by atoms with E-state index in [1.54, 1.807) is 54.6 Å². The van der Waals surface area contributed by atoms with Crippen LogP contribution in [0.25, 0.3) is 0 Å². The van der Waals surface area contributed by atoms with Gasteiger partial charge in [-0.1, -0.05) is 60.7 Å². The number of methoxy groups -OCH3 is 1. The van der Waals surface area contributed by atoms with Crippen molar-refractivity contribution in [2.24, 2.45) is 0 Å². The minimum atomic E-state index is -4.04. The number of ether oxygens (including phenoxy) is 1. The van der Waals surface area contributed by atoms with Crippen LogP contribution in [-0.4, -0.2) is 33.7 Å². The van der Waals surface area contributed by atoms with Crippen LogP contribution >= 0.6 is 11.8 Å². The lowest BCUT2D eigenvalue weighted by atomic mass is 10.1. The average molecular weight is 565 g/mol. The highest BCUT2D eigenvalue weighted by atomic mass is 32.2. The number of benzene rings is 4. The smallest absolute Gasteiger partial charge is 0.264 e. The second-order valence-corrected chi connectivity index (χ2v) is 11.6. The van der Waals surface area contributed by atoms with Crippen LogP contribution in [0.2, 0.25) is 0 Å². The molecule has 0 aromatic heterocycles. The van der Waals surface area contributed by atoms with Gasteiger partial charge in [0.1, 0.15) is 11.6 Å². The third kappa shape index (κ3) is 7.19. The van der Waals surface area contributed by atoms with Crippen molar-refractivity contribution >= 4 is 33.4 Å². The van der Waals surface area contributed by atoms with Crippen LogP contribution < -0.4 is 14.4 Å². The fourth-order valence-electron chi connectivity index (χ4n) is 3.94. The van der Waals surface area contributed by atoms with E-state index in [2.05, 4.69) is 5.32 Å². The van der Waals surface area contributed by atoms with Crippen LogP contribution in [0.15, 0.2) is 108 Å². The van der Waals surface area contributed by atoms with Gasteiger partial charge < -0.3 is 10.1 Å². The number of sulfonamides is 1. The molecule has 0 atom stereocenters. The second-order valence-electron chi connectivity index (χ2n) is 8.59. The number of hydrogen-bond acceptors (Lipinski definition) is 5. The van der Waals surface area contributed by atoms with Crippen LogP contribution in [-0.2, 0) is 22.3 Å². The van der Waals surface area contributed by atoms with Crippen LogP contribution in [0.1, 0.15) is 21.5 Å². The van der Waals surface area contributed by atoms with E-state index in [0.717, 1.165) is 5.56 Å². The SMILES string of the molecule is COc1ccc(S(=O)(=O)N(Cc2ccccc2)c2ccccc2C(=O)NCCSCc2ccccc2F)cc1. The highest BCUT2D eigenvalue weighted by molar-refractivity contribution is 7.98. The molecule has 0 saturated carbocycles. The molecule has 0 unspecified atom stereocenters. The summed E-state index contributed by atoms with van der Waals surface area (Å²) in [4.78, 5) is 13.3. The molecule has 0 heterocycles. The Morgan fingerprint density at radius 3 is 2.28 bits per heavy atom. The van der Waals surface area contributed by atoms with E-state index in [-0.39, 0.29) is 34.4 Å². The molecule has 1 amide bonds. The van der Waals surface area contributed by atoms with Gasteiger partial charge in [0.05, 0.1) is 29.8 Å². The summed E-state index contributed by atoms with van der Waals surface area (Å²) >= 11 is 1.50. The van der Waals surface area contributed by atoms with Gasteiger partial charge in [-0.3, -0.25) is 9.10 Å². The molecule has 1 N–H and O–H groups in total. The van der Waals surface area contributed by atoms with Gasteiger partial charge in [-0.15, -0.1) is 0 Å². The quantitative estimate of drug-likeness (QED) is 0.217. The number of amides is 1. The molecule has 4 aromatic rings. The largest absolute Gasteiger partial charge is 0.497 e. The Bertz CT molecular complexity index is 1500. The lowest BCUT2D eigenvalue weighted by Crippen LogP contribution is -2.34. The Kier molecular flexibility index (Phi) is 9.62. The fraction of sp³-hybridized carbons (Fsp3) is 0.167. The van der Waals surface area contributed by atoms with E-state index in [0.29, 0.717) is 29.4 Å². The van der Waals surface area contributed by atoms with E-state index in [1.165, 1.54) is 41.4 Å². The normalized spacial score (nSPS) is 11.1. The van der Waals surface area contributed by atoms with Crippen molar-refractivity contribution in [2.75, 3.05) is 23.7 Å². The molecule has 0 spiro atoms. The van der Waals surface area contributed by atoms with Crippen molar-refractivity contribution in [1.82, 2.24) is 5.32 Å². The first-order valence-corrected chi connectivity index (χ1v) is 14.9. The van der Waals surface area contributed by atoms with E-state index >= 15 is 0 Å². The Labute approximate surface area is 232 Å². The van der Waals surface area contributed by atoms with Crippen molar-refractivity contribution < 1.29 is 22.3 Å². The number of carbonyl (C=O) groups excluding carboxylic acids is 1. The molecule has 0 radical (unpaired) electrons. The monoisotopic (exact) mass is 564 g/mol. The first-order chi connectivity index (χ1) is 18.9. The summed E-state index contributed by atoms with van der Waals surface area (Å²) in [5, 5.41) is 2.87. The first-order valence-electron chi connectivity index (χ1n) is 12.3. The Morgan fingerprint density at radius 2 is 1.56 bits per heavy atom. The molecule has 0 aliphatic carbocycles. The summed E-state index contributed by atoms with van der Waals surface area (Å²) < 4.78 is 48.1. The number of anilines is 1. The van der Waals surface area contributed by atoms with Crippen LogP contribution in [0, 0.1) is 5.82 Å². The Hall–Kier alpha value is -3.82. The van der Waals surface area contributed by atoms with E-state index in [4.69, 9.17) is 4.74 Å². The number of thioether (sulfide) groups is 1. The minimum Gasteiger partial charge on any atom is -0.497 e. The van der Waals surface area contributed by atoms with Crippen LogP contribution in [0.4, 0.5) is 10.1 Å². The highest BCUT2D eigenvalue weighted by Crippen LogP contribution is 2.30. The third-order valence-corrected chi connectivity index (χ3v) is 8.76. The maximum absolute atomic E-state index is 13.9. The maximum atomic E-state index is 13.9. The highest BCUT2D eigenvalue weighted by Gasteiger charge is 2.28. The number of halogens is 1. The first kappa shape index (κ1) is 28.2. The zero-order chi connectivity index (χ0) is 27.7. The second kappa shape index (κ2) is 13.3. The van der Waals surface area contributed by atoms with E-state index < -0.39 is 10.0 Å². The standard InChI is InChI=1S/C30H29FN2O4S2/c1-37-25-15-17-26(18-16-25)39(35,36)33(21-23-9-3-2-4-10-23)29-14-8-6-12-27(29)30(34)32-19-20-38-22-24-11-5-7-13-28(24)31/h2-18H,19-22H2,1H3,(H,32,34). The lowest BCUT2D eigenvalue weighted by molar-refractivity contribution is 0.0957. The van der Waals surface area contributed by atoms with Gasteiger partial charge in [0.2, 0.25) is 0 Å². The molecule has 9 heteroatoms. The molecule has 202 valence electrons. The molecular weight excluding hydrogens is 535 g/mol. The third-order valence-electron chi connectivity index (χ3n) is 5.98. The Balaban J connectivity index is 1.55. The lowest BCUT2D eigenvalue weighted by Gasteiger charge is -2.26. The van der Waals surface area contributed by atoms with Gasteiger partial charge in [-0.2, -0.15) is 11.8 Å². The summed E-state index contributed by atoms with van der Waals surface area (Å²) in [7, 11) is -2.53. The van der Waals surface area contributed by atoms with Gasteiger partial charge in [0.25, 0.3) is 15.9 Å². The van der Waals surface area contributed by atoms with Gasteiger partial charge in [-0.25, -0.2) is 12.8 Å². The van der Waals surface area contributed by atoms with Crippen LogP contribution in [0.5, 0.6) is 5.75 Å². The van der Waals surface area contributed by atoms with E-state index in [9.17, 15) is 17.6 Å². The predicted octanol–water partition coefficient (Wildman–Crippen LogP) is 5.89. The molecule has 0 saturated heterocycles. The fourth-order valence-corrected chi connectivity index (χ4v) is 6.25. The van der Waals surface area contributed by atoms with Gasteiger partial charge in [0, 0.05) is 18.1 Å². The van der Waals surface area contributed by atoms with Gasteiger partial charge in [0.15, 0.2) is 0 Å². The summed E-state index contributed by atoms with van der Waals surface area (Å²) in [5.74, 6) is 0.959. The number of rotatable bonds is 12. The van der Waals surface area contributed by atoms with E-state index in [1.807, 2.05) is 30.3 Å². The van der Waals surface area contributed by atoms with Crippen LogP contribution in [0.3, 0.4) is 0 Å². The average Bonchev–Trinajstić information content (AvgIpc) is 2.97. The van der Waals surface area contributed by atoms with Gasteiger partial charge in [-0.05, 0) is 53.6 Å². The predicted molar refractivity (Wildman–Crippen MR) is 154 cm³/mol. The molecule has 4 rings (SSSR count). The van der Waals surface area contributed by atoms with Crippen molar-refractivity contribution in [3.8, 4) is 5.75 Å². The zero-order valence-corrected chi connectivity index (χ0v) is 23.1. The van der Waals surface area contributed by atoms with Crippen molar-refractivity contribution in [2.45, 2.75) is 17.2 Å². The molecule has 4 aromatic carbocycles. The Morgan fingerprint density at radius 1 is 0.897 bits per heavy atom. The maximum Gasteiger partial charge on any atom is 0.264 e. The number of hydrogen-bond donors (Lipinski definition) is 1. The number of carbonyl (C=O) groups is 1. The van der Waals surface area contributed by atoms with Gasteiger partial charge >= 0.3 is 0 Å².